The van der Waals surface area contributed by atoms with Crippen LogP contribution in [0.15, 0.2) is 134 Å². The highest BCUT2D eigenvalue weighted by atomic mass is 19.1. The molecule has 3 aliphatic heterocycles. The van der Waals surface area contributed by atoms with Crippen molar-refractivity contribution in [1.29, 1.82) is 0 Å². The number of benzene rings is 3. The van der Waals surface area contributed by atoms with Gasteiger partial charge in [-0.15, -0.1) is 0 Å². The van der Waals surface area contributed by atoms with Gasteiger partial charge in [0.05, 0.1) is 41.2 Å². The maximum atomic E-state index is 15.0. The lowest BCUT2D eigenvalue weighted by Gasteiger charge is -2.46. The summed E-state index contributed by atoms with van der Waals surface area (Å²) < 4.78 is 35.5. The van der Waals surface area contributed by atoms with Crippen LogP contribution in [-0.2, 0) is 20.9 Å². The molecule has 5 amide bonds. The summed E-state index contributed by atoms with van der Waals surface area (Å²) in [6, 6.07) is 35.0. The van der Waals surface area contributed by atoms with Gasteiger partial charge in [0.1, 0.15) is 28.6 Å². The van der Waals surface area contributed by atoms with Crippen LogP contribution >= 0.6 is 0 Å². The molecular formula is C69H72F2N12O5. The molecular weight excluding hydrogens is 1110 g/mol. The van der Waals surface area contributed by atoms with Gasteiger partial charge in [0.15, 0.2) is 17.5 Å². The number of anilines is 3. The molecule has 0 spiro atoms. The van der Waals surface area contributed by atoms with E-state index in [2.05, 4.69) is 112 Å². The first-order valence-electron chi connectivity index (χ1n) is 30.5. The molecule has 17 nitrogen and oxygen atoms in total. The SMILES string of the molecule is CC1(C)CN(C(=O)c2ccc(-c3cccc4nc(NC(=O)C5CC5)cn34)c(F)c2)C1.CC1(C)CN(C(=O)c2ccc(-c3cccc4nc(NC(=O)C5CC5)cn34)cc2F)C1.CC1(C)CN(Cc2ccc(-c3cccc4nc(NC(=O)C5CC5)cn34)cc2)C1. The Kier molecular flexibility index (Phi) is 14.9. The predicted molar refractivity (Wildman–Crippen MR) is 334 cm³/mol. The van der Waals surface area contributed by atoms with Crippen molar-refractivity contribution in [2.24, 2.45) is 34.0 Å². The number of amides is 5. The molecule has 88 heavy (non-hydrogen) atoms. The van der Waals surface area contributed by atoms with Gasteiger partial charge < -0.3 is 25.8 Å². The highest BCUT2D eigenvalue weighted by Gasteiger charge is 2.40. The molecule has 0 atom stereocenters. The maximum Gasteiger partial charge on any atom is 0.256 e. The minimum atomic E-state index is -0.540. The summed E-state index contributed by atoms with van der Waals surface area (Å²) in [4.78, 5) is 80.6. The van der Waals surface area contributed by atoms with Crippen LogP contribution in [0.4, 0.5) is 26.2 Å². The largest absolute Gasteiger partial charge is 0.337 e. The second-order valence-corrected chi connectivity index (χ2v) is 27.1. The fraction of sp³-hybridized carbons (Fsp3) is 0.362. The van der Waals surface area contributed by atoms with E-state index in [9.17, 15) is 28.4 Å². The van der Waals surface area contributed by atoms with Crippen molar-refractivity contribution in [2.45, 2.75) is 86.6 Å². The molecule has 3 aromatic carbocycles. The van der Waals surface area contributed by atoms with E-state index < -0.39 is 11.6 Å². The van der Waals surface area contributed by atoms with Gasteiger partial charge in [-0.2, -0.15) is 0 Å². The van der Waals surface area contributed by atoms with Crippen molar-refractivity contribution >= 4 is 63.9 Å². The minimum Gasteiger partial charge on any atom is -0.337 e. The van der Waals surface area contributed by atoms with Crippen LogP contribution in [0, 0.1) is 45.6 Å². The molecule has 6 aliphatic rings. The molecule has 6 fully saturated rings. The van der Waals surface area contributed by atoms with Crippen LogP contribution in [0.2, 0.25) is 0 Å². The molecule has 9 aromatic rings. The van der Waals surface area contributed by atoms with Gasteiger partial charge in [-0.1, -0.05) is 90.1 Å². The van der Waals surface area contributed by atoms with Crippen LogP contribution in [0.1, 0.15) is 106 Å². The lowest BCUT2D eigenvalue weighted by molar-refractivity contribution is -0.118. The Balaban J connectivity index is 0.000000122. The van der Waals surface area contributed by atoms with E-state index in [0.29, 0.717) is 82.7 Å². The first-order chi connectivity index (χ1) is 42.1. The van der Waals surface area contributed by atoms with E-state index in [1.807, 2.05) is 40.9 Å². The number of likely N-dealkylation sites (tertiary alicyclic amines) is 3. The average molecular weight is 1190 g/mol. The zero-order valence-corrected chi connectivity index (χ0v) is 50.4. The summed E-state index contributed by atoms with van der Waals surface area (Å²) >= 11 is 0. The topological polar surface area (TPSA) is 183 Å². The fourth-order valence-corrected chi connectivity index (χ4v) is 12.3. The maximum absolute atomic E-state index is 15.0. The number of aromatic nitrogens is 6. The summed E-state index contributed by atoms with van der Waals surface area (Å²) in [6.45, 7) is 19.0. The van der Waals surface area contributed by atoms with Gasteiger partial charge in [-0.05, 0) is 133 Å². The van der Waals surface area contributed by atoms with Crippen LogP contribution in [-0.4, -0.2) is 112 Å². The highest BCUT2D eigenvalue weighted by molar-refractivity contribution is 5.97. The number of hydrogen-bond acceptors (Lipinski definition) is 9. The number of pyridine rings is 3. The van der Waals surface area contributed by atoms with Crippen LogP contribution in [0.25, 0.3) is 50.7 Å². The molecule has 3 saturated carbocycles. The number of carbonyl (C=O) groups excluding carboxylic acids is 5. The van der Waals surface area contributed by atoms with Gasteiger partial charge in [-0.25, -0.2) is 23.7 Å². The third-order valence-electron chi connectivity index (χ3n) is 17.1. The van der Waals surface area contributed by atoms with Crippen molar-refractivity contribution in [1.82, 2.24) is 42.9 Å². The Labute approximate surface area is 509 Å². The van der Waals surface area contributed by atoms with Crippen molar-refractivity contribution in [2.75, 3.05) is 55.2 Å². The first-order valence-corrected chi connectivity index (χ1v) is 30.5. The Morgan fingerprint density at radius 2 is 0.886 bits per heavy atom. The Morgan fingerprint density at radius 1 is 0.466 bits per heavy atom. The van der Waals surface area contributed by atoms with Crippen LogP contribution in [0.3, 0.4) is 0 Å². The molecule has 3 saturated heterocycles. The van der Waals surface area contributed by atoms with E-state index in [4.69, 9.17) is 0 Å². The van der Waals surface area contributed by atoms with Crippen molar-refractivity contribution in [3.63, 3.8) is 0 Å². The van der Waals surface area contributed by atoms with Crippen molar-refractivity contribution < 1.29 is 32.8 Å². The normalized spacial score (nSPS) is 18.0. The molecule has 0 radical (unpaired) electrons. The molecule has 9 heterocycles. The van der Waals surface area contributed by atoms with Crippen LogP contribution < -0.4 is 16.0 Å². The van der Waals surface area contributed by atoms with Crippen molar-refractivity contribution in [3.05, 3.63) is 162 Å². The zero-order valence-electron chi connectivity index (χ0n) is 50.4. The number of fused-ring (bicyclic) bond motifs is 3. The summed E-state index contributed by atoms with van der Waals surface area (Å²) in [7, 11) is 0. The smallest absolute Gasteiger partial charge is 0.256 e. The number of nitrogens with zero attached hydrogens (tertiary/aromatic N) is 9. The molecule has 3 aliphatic carbocycles. The van der Waals surface area contributed by atoms with Gasteiger partial charge in [0.2, 0.25) is 17.7 Å². The van der Waals surface area contributed by atoms with Gasteiger partial charge >= 0.3 is 0 Å². The third-order valence-corrected chi connectivity index (χ3v) is 17.1. The quantitative estimate of drug-likeness (QED) is 0.101. The number of imidazole rings is 3. The summed E-state index contributed by atoms with van der Waals surface area (Å²) in [5.74, 6) is 0.519. The first kappa shape index (κ1) is 57.9. The number of halogens is 2. The molecule has 452 valence electrons. The summed E-state index contributed by atoms with van der Waals surface area (Å²) in [5.41, 5.74) is 9.14. The zero-order chi connectivity index (χ0) is 61.4. The van der Waals surface area contributed by atoms with E-state index in [1.165, 1.54) is 30.8 Å². The van der Waals surface area contributed by atoms with Gasteiger partial charge in [-0.3, -0.25) is 42.1 Å². The molecule has 3 N–H and O–H groups in total. The molecule has 0 bridgehead atoms. The molecule has 15 rings (SSSR count). The highest BCUT2D eigenvalue weighted by Crippen LogP contribution is 2.37. The number of carbonyl (C=O) groups is 5. The molecule has 6 aromatic heterocycles. The number of hydrogen-bond donors (Lipinski definition) is 3. The van der Waals surface area contributed by atoms with Crippen LogP contribution in [0.5, 0.6) is 0 Å². The monoisotopic (exact) mass is 1190 g/mol. The number of rotatable bonds is 13. The van der Waals surface area contributed by atoms with Gasteiger partial charge in [0, 0.05) is 80.3 Å². The standard InChI is InChI=1S/2C23H23FN4O2.C23H26N4O/c1-23(2)12-27(13-23)22(30)15-8-9-16(17(24)10-15)18-4-3-5-20-25-19(11-28(18)20)26-21(29)14-6-7-14;1-23(2)12-27(13-23)22(30)16-9-8-15(10-17(16)24)18-4-3-5-20-25-19(11-28(18)20)26-21(29)14-6-7-14;1-23(2)14-26(15-23)12-16-6-8-17(9-7-16)19-4-3-5-21-24-20(13-27(19)21)25-22(28)18-10-11-18/h2*3-5,8-11,14H,6-7,12-13H2,1-2H3,(H,26,29);3-9,13,18H,10-12,14-15H2,1-2H3,(H,25,28). The van der Waals surface area contributed by atoms with E-state index in [0.717, 1.165) is 67.7 Å². The molecule has 19 heteroatoms. The minimum absolute atomic E-state index is 0.0111. The lowest BCUT2D eigenvalue weighted by atomic mass is 9.84. The third kappa shape index (κ3) is 12.5. The summed E-state index contributed by atoms with van der Waals surface area (Å²) in [5, 5.41) is 8.62. The van der Waals surface area contributed by atoms with Gasteiger partial charge in [0.25, 0.3) is 11.8 Å². The van der Waals surface area contributed by atoms with E-state index in [1.54, 1.807) is 69.1 Å². The molecule has 0 unspecified atom stereocenters. The average Bonchev–Trinajstić information content (AvgIpc) is 4.37. The van der Waals surface area contributed by atoms with E-state index >= 15 is 4.39 Å². The Bertz CT molecular complexity index is 4220. The second-order valence-electron chi connectivity index (χ2n) is 27.1. The lowest BCUT2D eigenvalue weighted by Crippen LogP contribution is -2.55. The van der Waals surface area contributed by atoms with E-state index in [-0.39, 0.29) is 63.7 Å². The fourth-order valence-electron chi connectivity index (χ4n) is 12.3. The predicted octanol–water partition coefficient (Wildman–Crippen LogP) is 12.1. The Hall–Kier alpha value is -9.10. The second kappa shape index (κ2) is 22.6. The Morgan fingerprint density at radius 3 is 1.32 bits per heavy atom. The summed E-state index contributed by atoms with van der Waals surface area (Å²) in [6.07, 6.45) is 11.0. The van der Waals surface area contributed by atoms with Crippen molar-refractivity contribution in [3.8, 4) is 33.8 Å². The number of nitrogens with one attached hydrogen (secondary N) is 3.